The van der Waals surface area contributed by atoms with Crippen LogP contribution < -0.4 is 19.7 Å². The summed E-state index contributed by atoms with van der Waals surface area (Å²) in [6.07, 6.45) is 1.95. The van der Waals surface area contributed by atoms with E-state index in [1.165, 1.54) is 49.7 Å². The van der Waals surface area contributed by atoms with E-state index in [4.69, 9.17) is 9.72 Å². The Labute approximate surface area is 315 Å². The summed E-state index contributed by atoms with van der Waals surface area (Å²) in [5.41, 5.74) is 9.58. The van der Waals surface area contributed by atoms with Gasteiger partial charge in [-0.3, -0.25) is 4.57 Å². The van der Waals surface area contributed by atoms with E-state index in [0.717, 1.165) is 28.5 Å². The number of aromatic nitrogens is 2. The molecule has 5 aromatic carbocycles. The number of anilines is 4. The van der Waals surface area contributed by atoms with Crippen molar-refractivity contribution in [3.8, 4) is 17.3 Å². The maximum Gasteiger partial charge on any atom is 0.137 e. The summed E-state index contributed by atoms with van der Waals surface area (Å²) >= 11 is 0. The molecule has 0 unspecified atom stereocenters. The quantitative estimate of drug-likeness (QED) is 0.161. The van der Waals surface area contributed by atoms with Crippen molar-refractivity contribution < 1.29 is 4.74 Å². The van der Waals surface area contributed by atoms with Crippen molar-refractivity contribution in [3.05, 3.63) is 139 Å². The van der Waals surface area contributed by atoms with Crippen molar-refractivity contribution in [1.82, 2.24) is 9.55 Å². The van der Waals surface area contributed by atoms with Crippen LogP contribution in [-0.4, -0.2) is 24.3 Å². The number of benzene rings is 5. The Morgan fingerprint density at radius 3 is 1.81 bits per heavy atom. The molecule has 0 saturated carbocycles. The molecule has 0 saturated heterocycles. The SMILES string of the molecule is CC(C)(C)c1cccc(N2CN(c3cccc(Oc4ccc5c6ccc([Si](C)(C)C)cc6n(-c6cc(C(C)(C)C)ccn6)c5c4)c3)c3ccccc32)c1. The van der Waals surface area contributed by atoms with Gasteiger partial charge in [0.15, 0.2) is 0 Å². The van der Waals surface area contributed by atoms with Gasteiger partial charge in [0, 0.05) is 40.5 Å². The molecule has 5 nitrogen and oxygen atoms in total. The van der Waals surface area contributed by atoms with E-state index in [9.17, 15) is 0 Å². The van der Waals surface area contributed by atoms with Crippen molar-refractivity contribution in [2.45, 2.75) is 72.0 Å². The van der Waals surface area contributed by atoms with Gasteiger partial charge in [0.25, 0.3) is 0 Å². The standard InChI is InChI=1S/C47H50N4OSi/c1-46(2,3)32-14-12-15-34(26-32)49-31-50(42-19-11-10-18-41(42)49)35-16-13-17-36(28-35)52-37-20-22-39-40-23-21-38(53(7,8)9)30-44(40)51(43(39)29-37)45-27-33(24-25-48-45)47(4,5)6/h10-30H,31H2,1-9H3. The summed E-state index contributed by atoms with van der Waals surface area (Å²) in [5.74, 6) is 2.51. The molecule has 3 heterocycles. The van der Waals surface area contributed by atoms with Gasteiger partial charge < -0.3 is 14.5 Å². The summed E-state index contributed by atoms with van der Waals surface area (Å²) in [6.45, 7) is 21.5. The van der Waals surface area contributed by atoms with Gasteiger partial charge in [0.05, 0.1) is 30.5 Å². The Kier molecular flexibility index (Phi) is 8.30. The second kappa shape index (κ2) is 12.7. The van der Waals surface area contributed by atoms with E-state index in [2.05, 4.69) is 191 Å². The molecule has 53 heavy (non-hydrogen) atoms. The average molecular weight is 715 g/mol. The fourth-order valence-electron chi connectivity index (χ4n) is 7.43. The van der Waals surface area contributed by atoms with Crippen LogP contribution in [0.3, 0.4) is 0 Å². The lowest BCUT2D eigenvalue weighted by molar-refractivity contribution is 0.483. The first-order chi connectivity index (χ1) is 25.1. The van der Waals surface area contributed by atoms with Gasteiger partial charge in [-0.05, 0) is 88.7 Å². The first kappa shape index (κ1) is 34.7. The summed E-state index contributed by atoms with van der Waals surface area (Å²) < 4.78 is 9.05. The van der Waals surface area contributed by atoms with Gasteiger partial charge in [0.1, 0.15) is 24.0 Å². The molecule has 0 spiro atoms. The number of hydrogen-bond donors (Lipinski definition) is 0. The summed E-state index contributed by atoms with van der Waals surface area (Å²) in [6, 6.07) is 43.9. The van der Waals surface area contributed by atoms with Crippen LogP contribution in [0, 0.1) is 0 Å². The molecule has 0 fully saturated rings. The molecule has 7 aromatic rings. The Balaban J connectivity index is 1.18. The van der Waals surface area contributed by atoms with E-state index < -0.39 is 8.07 Å². The number of fused-ring (bicyclic) bond motifs is 4. The number of hydrogen-bond acceptors (Lipinski definition) is 4. The zero-order valence-electron chi connectivity index (χ0n) is 32.5. The van der Waals surface area contributed by atoms with Gasteiger partial charge in [-0.2, -0.15) is 0 Å². The topological polar surface area (TPSA) is 33.5 Å². The maximum atomic E-state index is 6.72. The number of para-hydroxylation sites is 2. The molecule has 8 rings (SSSR count). The Morgan fingerprint density at radius 1 is 0.566 bits per heavy atom. The van der Waals surface area contributed by atoms with Gasteiger partial charge in [-0.15, -0.1) is 0 Å². The fourth-order valence-corrected chi connectivity index (χ4v) is 8.58. The van der Waals surface area contributed by atoms with Crippen LogP contribution in [0.4, 0.5) is 22.7 Å². The van der Waals surface area contributed by atoms with Crippen molar-refractivity contribution in [2.24, 2.45) is 0 Å². The minimum absolute atomic E-state index is 0.00255. The van der Waals surface area contributed by atoms with Crippen LogP contribution in [0.15, 0.2) is 128 Å². The van der Waals surface area contributed by atoms with Gasteiger partial charge >= 0.3 is 0 Å². The average Bonchev–Trinajstić information content (AvgIpc) is 3.66. The zero-order chi connectivity index (χ0) is 37.3. The van der Waals surface area contributed by atoms with Crippen LogP contribution in [-0.2, 0) is 10.8 Å². The maximum absolute atomic E-state index is 6.72. The lowest BCUT2D eigenvalue weighted by Crippen LogP contribution is -2.37. The highest BCUT2D eigenvalue weighted by molar-refractivity contribution is 6.88. The number of pyridine rings is 1. The molecule has 2 aromatic heterocycles. The van der Waals surface area contributed by atoms with Gasteiger partial charge in [-0.25, -0.2) is 4.98 Å². The number of rotatable bonds is 6. The van der Waals surface area contributed by atoms with E-state index in [1.807, 2.05) is 12.3 Å². The highest BCUT2D eigenvalue weighted by Gasteiger charge is 2.29. The third-order valence-electron chi connectivity index (χ3n) is 10.6. The van der Waals surface area contributed by atoms with Crippen molar-refractivity contribution in [2.75, 3.05) is 16.5 Å². The van der Waals surface area contributed by atoms with Crippen LogP contribution in [0.1, 0.15) is 52.7 Å². The Bertz CT molecular complexity index is 2490. The van der Waals surface area contributed by atoms with Crippen molar-refractivity contribution >= 4 is 57.8 Å². The highest BCUT2D eigenvalue weighted by Crippen LogP contribution is 2.45. The highest BCUT2D eigenvalue weighted by atomic mass is 28.3. The molecular formula is C47H50N4OSi. The third kappa shape index (κ3) is 6.50. The van der Waals surface area contributed by atoms with Crippen molar-refractivity contribution in [3.63, 3.8) is 0 Å². The van der Waals surface area contributed by atoms with Crippen LogP contribution in [0.2, 0.25) is 19.6 Å². The minimum Gasteiger partial charge on any atom is -0.457 e. The van der Waals surface area contributed by atoms with Gasteiger partial charge in [-0.1, -0.05) is 109 Å². The number of ether oxygens (including phenoxy) is 1. The largest absolute Gasteiger partial charge is 0.457 e. The third-order valence-corrected chi connectivity index (χ3v) is 12.6. The monoisotopic (exact) mass is 714 g/mol. The fraction of sp³-hybridized carbons (Fsp3) is 0.255. The predicted molar refractivity (Wildman–Crippen MR) is 228 cm³/mol. The molecule has 0 atom stereocenters. The minimum atomic E-state index is -1.56. The van der Waals surface area contributed by atoms with Gasteiger partial charge in [0.2, 0.25) is 0 Å². The zero-order valence-corrected chi connectivity index (χ0v) is 33.5. The summed E-state index contributed by atoms with van der Waals surface area (Å²) in [7, 11) is -1.56. The first-order valence-corrected chi connectivity index (χ1v) is 22.2. The summed E-state index contributed by atoms with van der Waals surface area (Å²) in [4.78, 5) is 9.72. The molecule has 1 aliphatic heterocycles. The smallest absolute Gasteiger partial charge is 0.137 e. The molecule has 1 aliphatic rings. The molecule has 6 heteroatoms. The summed E-state index contributed by atoms with van der Waals surface area (Å²) in [5, 5.41) is 3.84. The molecular weight excluding hydrogens is 665 g/mol. The van der Waals surface area contributed by atoms with Crippen molar-refractivity contribution in [1.29, 1.82) is 0 Å². The molecule has 0 amide bonds. The van der Waals surface area contributed by atoms with Crippen LogP contribution in [0.25, 0.3) is 27.6 Å². The van der Waals surface area contributed by atoms with E-state index in [-0.39, 0.29) is 10.8 Å². The van der Waals surface area contributed by atoms with Crippen LogP contribution in [0.5, 0.6) is 11.5 Å². The molecule has 268 valence electrons. The molecule has 0 radical (unpaired) electrons. The predicted octanol–water partition coefficient (Wildman–Crippen LogP) is 12.4. The van der Waals surface area contributed by atoms with E-state index >= 15 is 0 Å². The molecule has 0 bridgehead atoms. The lowest BCUT2D eigenvalue weighted by atomic mass is 9.87. The number of nitrogens with zero attached hydrogens (tertiary/aromatic N) is 4. The second-order valence-electron chi connectivity index (χ2n) is 17.5. The molecule has 0 aliphatic carbocycles. The lowest BCUT2D eigenvalue weighted by Gasteiger charge is -2.25. The van der Waals surface area contributed by atoms with E-state index in [1.54, 1.807) is 0 Å². The van der Waals surface area contributed by atoms with Crippen LogP contribution >= 0.6 is 0 Å². The molecule has 0 N–H and O–H groups in total. The Morgan fingerprint density at radius 2 is 1.15 bits per heavy atom. The normalized spacial score (nSPS) is 13.6. The first-order valence-electron chi connectivity index (χ1n) is 18.7. The Hall–Kier alpha value is -5.33. The second-order valence-corrected chi connectivity index (χ2v) is 22.6. The van der Waals surface area contributed by atoms with E-state index in [0.29, 0.717) is 6.67 Å².